The Morgan fingerprint density at radius 1 is 1.26 bits per heavy atom. The Bertz CT molecular complexity index is 836. The fourth-order valence-electron chi connectivity index (χ4n) is 1.85. The van der Waals surface area contributed by atoms with Gasteiger partial charge in [0.2, 0.25) is 0 Å². The molecule has 0 aliphatic carbocycles. The first kappa shape index (κ1) is 11.9. The van der Waals surface area contributed by atoms with Gasteiger partial charge in [0.05, 0.1) is 5.56 Å². The van der Waals surface area contributed by atoms with E-state index in [2.05, 4.69) is 20.3 Å². The summed E-state index contributed by atoms with van der Waals surface area (Å²) in [7, 11) is 0. The summed E-state index contributed by atoms with van der Waals surface area (Å²) in [5.41, 5.74) is 2.60. The van der Waals surface area contributed by atoms with E-state index in [1.54, 1.807) is 12.4 Å². The predicted molar refractivity (Wildman–Crippen MR) is 71.3 cm³/mol. The van der Waals surface area contributed by atoms with E-state index < -0.39 is 0 Å². The third-order valence-electron chi connectivity index (χ3n) is 3.10. The number of aryl methyl sites for hydroxylation is 1. The molecular formula is C12H10ClN5O. The van der Waals surface area contributed by atoms with Gasteiger partial charge in [-0.3, -0.25) is 4.79 Å². The molecule has 0 saturated heterocycles. The number of rotatable bonds is 1. The summed E-state index contributed by atoms with van der Waals surface area (Å²) in [6.45, 7) is 3.76. The Morgan fingerprint density at radius 2 is 2.05 bits per heavy atom. The van der Waals surface area contributed by atoms with Crippen molar-refractivity contribution in [3.05, 3.63) is 45.0 Å². The minimum atomic E-state index is -0.149. The van der Waals surface area contributed by atoms with Crippen LogP contribution in [-0.4, -0.2) is 24.8 Å². The van der Waals surface area contributed by atoms with Gasteiger partial charge in [0.25, 0.3) is 0 Å². The molecule has 0 aliphatic heterocycles. The van der Waals surface area contributed by atoms with Crippen molar-refractivity contribution < 1.29 is 0 Å². The van der Waals surface area contributed by atoms with Crippen LogP contribution in [0.4, 0.5) is 0 Å². The first-order valence-corrected chi connectivity index (χ1v) is 6.03. The topological polar surface area (TPSA) is 75.9 Å². The second kappa shape index (κ2) is 4.17. The molecule has 0 unspecified atom stereocenters. The Labute approximate surface area is 113 Å². The second-order valence-corrected chi connectivity index (χ2v) is 4.58. The molecule has 6 nitrogen and oxygen atoms in total. The van der Waals surface area contributed by atoms with E-state index in [9.17, 15) is 4.79 Å². The van der Waals surface area contributed by atoms with Gasteiger partial charge in [-0.2, -0.15) is 9.61 Å². The van der Waals surface area contributed by atoms with E-state index >= 15 is 0 Å². The second-order valence-electron chi connectivity index (χ2n) is 4.22. The highest BCUT2D eigenvalue weighted by atomic mass is 35.5. The zero-order valence-corrected chi connectivity index (χ0v) is 11.1. The van der Waals surface area contributed by atoms with Crippen molar-refractivity contribution in [1.29, 1.82) is 0 Å². The molecule has 0 spiro atoms. The van der Waals surface area contributed by atoms with Gasteiger partial charge in [-0.05, 0) is 19.4 Å². The van der Waals surface area contributed by atoms with Crippen molar-refractivity contribution in [2.24, 2.45) is 0 Å². The molecule has 1 N–H and O–H groups in total. The third kappa shape index (κ3) is 1.72. The lowest BCUT2D eigenvalue weighted by molar-refractivity contribution is 0.917. The van der Waals surface area contributed by atoms with E-state index in [-0.39, 0.29) is 5.43 Å². The van der Waals surface area contributed by atoms with Crippen LogP contribution in [0.5, 0.6) is 0 Å². The van der Waals surface area contributed by atoms with Crippen molar-refractivity contribution in [3.8, 4) is 11.4 Å². The minimum absolute atomic E-state index is 0.149. The molecule has 3 aromatic heterocycles. The Morgan fingerprint density at radius 3 is 2.79 bits per heavy atom. The monoisotopic (exact) mass is 275 g/mol. The number of hydrogen-bond donors (Lipinski definition) is 1. The van der Waals surface area contributed by atoms with E-state index in [1.165, 1.54) is 10.6 Å². The van der Waals surface area contributed by atoms with Crippen LogP contribution in [0.2, 0.25) is 5.15 Å². The maximum Gasteiger partial charge on any atom is 0.192 e. The van der Waals surface area contributed by atoms with Gasteiger partial charge in [0.1, 0.15) is 0 Å². The molecule has 0 aliphatic rings. The lowest BCUT2D eigenvalue weighted by Crippen LogP contribution is -2.07. The number of halogens is 1. The van der Waals surface area contributed by atoms with Crippen molar-refractivity contribution in [1.82, 2.24) is 24.8 Å². The van der Waals surface area contributed by atoms with Crippen LogP contribution in [0, 0.1) is 13.8 Å². The van der Waals surface area contributed by atoms with E-state index in [0.29, 0.717) is 22.2 Å². The molecule has 0 fully saturated rings. The standard InChI is InChI=1S/C12H10ClN5O/c1-6-7(2)11-15-16-12(18(11)17-10(6)13)8-5-14-4-3-9(8)19/h3-5H,1-2H3,(H,14,19). The smallest absolute Gasteiger partial charge is 0.192 e. The Hall–Kier alpha value is -2.21. The number of nitrogens with zero attached hydrogens (tertiary/aromatic N) is 4. The van der Waals surface area contributed by atoms with Crippen LogP contribution >= 0.6 is 11.6 Å². The van der Waals surface area contributed by atoms with Crippen molar-refractivity contribution >= 4 is 17.2 Å². The zero-order valence-electron chi connectivity index (χ0n) is 10.3. The van der Waals surface area contributed by atoms with Gasteiger partial charge in [0, 0.05) is 24.0 Å². The summed E-state index contributed by atoms with van der Waals surface area (Å²) in [6.07, 6.45) is 3.13. The molecule has 96 valence electrons. The van der Waals surface area contributed by atoms with Gasteiger partial charge in [-0.15, -0.1) is 10.2 Å². The number of pyridine rings is 1. The molecule has 3 rings (SSSR count). The Kier molecular flexibility index (Phi) is 2.60. The third-order valence-corrected chi connectivity index (χ3v) is 3.46. The van der Waals surface area contributed by atoms with Crippen LogP contribution in [0.25, 0.3) is 17.0 Å². The number of fused-ring (bicyclic) bond motifs is 1. The van der Waals surface area contributed by atoms with Crippen LogP contribution in [0.15, 0.2) is 23.3 Å². The fourth-order valence-corrected chi connectivity index (χ4v) is 2.07. The van der Waals surface area contributed by atoms with Crippen LogP contribution in [-0.2, 0) is 0 Å². The van der Waals surface area contributed by atoms with E-state index in [1.807, 2.05) is 13.8 Å². The quantitative estimate of drug-likeness (QED) is 0.734. The highest BCUT2D eigenvalue weighted by Crippen LogP contribution is 2.22. The molecule has 3 heterocycles. The van der Waals surface area contributed by atoms with Crippen molar-refractivity contribution in [2.45, 2.75) is 13.8 Å². The molecular weight excluding hydrogens is 266 g/mol. The molecule has 0 amide bonds. The molecule has 0 aromatic carbocycles. The normalized spacial score (nSPS) is 11.1. The molecule has 7 heteroatoms. The number of hydrogen-bond acceptors (Lipinski definition) is 4. The highest BCUT2D eigenvalue weighted by molar-refractivity contribution is 6.30. The number of nitrogens with one attached hydrogen (secondary N) is 1. The number of aromatic nitrogens is 5. The summed E-state index contributed by atoms with van der Waals surface area (Å²) >= 11 is 6.08. The molecule has 0 atom stereocenters. The largest absolute Gasteiger partial charge is 0.367 e. The highest BCUT2D eigenvalue weighted by Gasteiger charge is 2.16. The van der Waals surface area contributed by atoms with Crippen LogP contribution in [0.3, 0.4) is 0 Å². The first-order chi connectivity index (χ1) is 9.09. The van der Waals surface area contributed by atoms with Gasteiger partial charge >= 0.3 is 0 Å². The molecule has 3 aromatic rings. The summed E-state index contributed by atoms with van der Waals surface area (Å²) < 4.78 is 1.50. The zero-order chi connectivity index (χ0) is 13.6. The van der Waals surface area contributed by atoms with Crippen LogP contribution < -0.4 is 5.43 Å². The summed E-state index contributed by atoms with van der Waals surface area (Å²) in [5.74, 6) is 0.377. The fraction of sp³-hybridized carbons (Fsp3) is 0.167. The van der Waals surface area contributed by atoms with Gasteiger partial charge in [0.15, 0.2) is 22.1 Å². The summed E-state index contributed by atoms with van der Waals surface area (Å²) in [6, 6.07) is 1.43. The number of H-pyrrole nitrogens is 1. The van der Waals surface area contributed by atoms with Crippen molar-refractivity contribution in [2.75, 3.05) is 0 Å². The van der Waals surface area contributed by atoms with Gasteiger partial charge < -0.3 is 4.98 Å². The first-order valence-electron chi connectivity index (χ1n) is 5.65. The number of aromatic amines is 1. The van der Waals surface area contributed by atoms with E-state index in [4.69, 9.17) is 11.6 Å². The summed E-state index contributed by atoms with van der Waals surface area (Å²) in [5, 5.41) is 12.7. The molecule has 0 bridgehead atoms. The molecule has 0 saturated carbocycles. The SMILES string of the molecule is Cc1c(Cl)nn2c(-c3c[nH]ccc3=O)nnc2c1C. The molecule has 19 heavy (non-hydrogen) atoms. The minimum Gasteiger partial charge on any atom is -0.367 e. The van der Waals surface area contributed by atoms with Crippen LogP contribution in [0.1, 0.15) is 11.1 Å². The molecule has 0 radical (unpaired) electrons. The van der Waals surface area contributed by atoms with Crippen molar-refractivity contribution in [3.63, 3.8) is 0 Å². The predicted octanol–water partition coefficient (Wildman–Crippen LogP) is 1.75. The summed E-state index contributed by atoms with van der Waals surface area (Å²) in [4.78, 5) is 14.7. The van der Waals surface area contributed by atoms with Gasteiger partial charge in [-0.25, -0.2) is 0 Å². The maximum atomic E-state index is 11.8. The lowest BCUT2D eigenvalue weighted by Gasteiger charge is -2.04. The average molecular weight is 276 g/mol. The van der Waals surface area contributed by atoms with E-state index in [0.717, 1.165) is 11.1 Å². The maximum absolute atomic E-state index is 11.8. The average Bonchev–Trinajstić information content (AvgIpc) is 2.80. The van der Waals surface area contributed by atoms with Gasteiger partial charge in [-0.1, -0.05) is 11.6 Å². The Balaban J connectivity index is 2.39. The lowest BCUT2D eigenvalue weighted by atomic mass is 10.2.